The van der Waals surface area contributed by atoms with Crippen molar-refractivity contribution in [1.82, 2.24) is 19.3 Å². The normalized spacial score (nSPS) is 11.3. The van der Waals surface area contributed by atoms with Crippen molar-refractivity contribution in [3.05, 3.63) is 76.2 Å². The van der Waals surface area contributed by atoms with Gasteiger partial charge in [-0.15, -0.1) is 0 Å². The van der Waals surface area contributed by atoms with Crippen LogP contribution in [0, 0.1) is 13.8 Å². The molecule has 0 saturated heterocycles. The molecule has 0 amide bonds. The zero-order valence-corrected chi connectivity index (χ0v) is 14.1. The number of nitrogens with zero attached hydrogens (tertiary/aromatic N) is 4. The van der Waals surface area contributed by atoms with Crippen LogP contribution in [0.1, 0.15) is 17.0 Å². The Hall–Kier alpha value is -3.15. The predicted octanol–water partition coefficient (Wildman–Crippen LogP) is 3.01. The summed E-state index contributed by atoms with van der Waals surface area (Å²) in [5.41, 5.74) is 4.24. The molecular weight excluding hydrogens is 316 g/mol. The van der Waals surface area contributed by atoms with Crippen LogP contribution in [0.2, 0.25) is 0 Å². The Kier molecular flexibility index (Phi) is 3.72. The van der Waals surface area contributed by atoms with Gasteiger partial charge in [0.1, 0.15) is 11.3 Å². The quantitative estimate of drug-likeness (QED) is 0.575. The average Bonchev–Trinajstić information content (AvgIpc) is 3.20. The Bertz CT molecular complexity index is 1070. The van der Waals surface area contributed by atoms with Gasteiger partial charge >= 0.3 is 0 Å². The molecule has 0 radical (unpaired) electrons. The Morgan fingerprint density at radius 1 is 1.12 bits per heavy atom. The van der Waals surface area contributed by atoms with Gasteiger partial charge in [0, 0.05) is 30.1 Å². The maximum absolute atomic E-state index is 12.8. The highest BCUT2D eigenvalue weighted by Crippen LogP contribution is 2.18. The molecule has 6 nitrogen and oxygen atoms in total. The smallest absolute Gasteiger partial charge is 0.276 e. The van der Waals surface area contributed by atoms with Crippen molar-refractivity contribution in [2.24, 2.45) is 0 Å². The van der Waals surface area contributed by atoms with E-state index in [1.165, 1.54) is 0 Å². The number of aryl methyl sites for hydroxylation is 3. The fraction of sp³-hybridized carbons (Fsp3) is 0.211. The molecule has 0 fully saturated rings. The van der Waals surface area contributed by atoms with Gasteiger partial charge in [0.2, 0.25) is 0 Å². The monoisotopic (exact) mass is 334 g/mol. The largest absolute Gasteiger partial charge is 0.361 e. The molecule has 0 unspecified atom stereocenters. The van der Waals surface area contributed by atoms with Crippen LogP contribution in [0.5, 0.6) is 0 Å². The van der Waals surface area contributed by atoms with Crippen molar-refractivity contribution in [3.63, 3.8) is 0 Å². The number of benzene rings is 1. The lowest BCUT2D eigenvalue weighted by atomic mass is 10.1. The van der Waals surface area contributed by atoms with E-state index in [1.54, 1.807) is 15.3 Å². The van der Waals surface area contributed by atoms with Gasteiger partial charge in [-0.25, -0.2) is 4.52 Å². The van der Waals surface area contributed by atoms with Gasteiger partial charge in [-0.1, -0.05) is 35.5 Å². The van der Waals surface area contributed by atoms with Gasteiger partial charge in [0.15, 0.2) is 0 Å². The maximum atomic E-state index is 12.8. The van der Waals surface area contributed by atoms with Gasteiger partial charge < -0.3 is 9.09 Å². The molecular formula is C19H18N4O2. The summed E-state index contributed by atoms with van der Waals surface area (Å²) in [6.45, 7) is 4.38. The summed E-state index contributed by atoms with van der Waals surface area (Å²) in [6.07, 6.45) is 4.29. The van der Waals surface area contributed by atoms with E-state index < -0.39 is 0 Å². The van der Waals surface area contributed by atoms with Crippen molar-refractivity contribution < 1.29 is 4.52 Å². The third-order valence-electron chi connectivity index (χ3n) is 4.46. The second-order valence-electron chi connectivity index (χ2n) is 6.07. The summed E-state index contributed by atoms with van der Waals surface area (Å²) in [5.74, 6) is 0.808. The van der Waals surface area contributed by atoms with E-state index in [0.717, 1.165) is 28.3 Å². The molecule has 0 aliphatic heterocycles. The number of fused-ring (bicyclic) bond motifs is 1. The SMILES string of the molecule is Cc1noc(C)c1CCn1ccn2nc(-c3ccccc3)cc2c1=O. The van der Waals surface area contributed by atoms with Crippen LogP contribution >= 0.6 is 0 Å². The van der Waals surface area contributed by atoms with Crippen LogP contribution in [0.25, 0.3) is 16.8 Å². The lowest BCUT2D eigenvalue weighted by Crippen LogP contribution is -2.22. The topological polar surface area (TPSA) is 65.3 Å². The van der Waals surface area contributed by atoms with Crippen LogP contribution in [0.15, 0.2) is 58.1 Å². The van der Waals surface area contributed by atoms with Gasteiger partial charge in [0.25, 0.3) is 5.56 Å². The van der Waals surface area contributed by atoms with E-state index in [0.29, 0.717) is 18.5 Å². The van der Waals surface area contributed by atoms with E-state index in [1.807, 2.05) is 56.4 Å². The maximum Gasteiger partial charge on any atom is 0.276 e. The molecule has 3 aromatic heterocycles. The summed E-state index contributed by atoms with van der Waals surface area (Å²) in [4.78, 5) is 12.8. The van der Waals surface area contributed by atoms with Crippen molar-refractivity contribution in [2.75, 3.05) is 0 Å². The molecule has 0 N–H and O–H groups in total. The van der Waals surface area contributed by atoms with Crippen LogP contribution in [0.4, 0.5) is 0 Å². The van der Waals surface area contributed by atoms with Crippen molar-refractivity contribution in [2.45, 2.75) is 26.8 Å². The average molecular weight is 334 g/mol. The molecule has 3 heterocycles. The fourth-order valence-corrected chi connectivity index (χ4v) is 3.04. The van der Waals surface area contributed by atoms with Crippen molar-refractivity contribution in [1.29, 1.82) is 0 Å². The predicted molar refractivity (Wildman–Crippen MR) is 94.6 cm³/mol. The molecule has 0 aliphatic carbocycles. The first-order valence-corrected chi connectivity index (χ1v) is 8.19. The fourth-order valence-electron chi connectivity index (χ4n) is 3.04. The third-order valence-corrected chi connectivity index (χ3v) is 4.46. The lowest BCUT2D eigenvalue weighted by Gasteiger charge is -2.05. The Labute approximate surface area is 144 Å². The molecule has 1 aromatic carbocycles. The molecule has 0 atom stereocenters. The number of aromatic nitrogens is 4. The van der Waals surface area contributed by atoms with Gasteiger partial charge in [-0.2, -0.15) is 5.10 Å². The molecule has 4 aromatic rings. The first-order valence-electron chi connectivity index (χ1n) is 8.19. The molecule has 0 aliphatic rings. The Morgan fingerprint density at radius 3 is 2.64 bits per heavy atom. The van der Waals surface area contributed by atoms with Gasteiger partial charge in [0.05, 0.1) is 11.4 Å². The Balaban J connectivity index is 1.67. The van der Waals surface area contributed by atoms with E-state index >= 15 is 0 Å². The molecule has 0 spiro atoms. The number of rotatable bonds is 4. The molecule has 25 heavy (non-hydrogen) atoms. The summed E-state index contributed by atoms with van der Waals surface area (Å²) in [7, 11) is 0. The van der Waals surface area contributed by atoms with Gasteiger partial charge in [-0.05, 0) is 26.3 Å². The van der Waals surface area contributed by atoms with Crippen LogP contribution in [0.3, 0.4) is 0 Å². The van der Waals surface area contributed by atoms with Crippen LogP contribution in [-0.2, 0) is 13.0 Å². The highest BCUT2D eigenvalue weighted by molar-refractivity contribution is 5.65. The molecule has 0 saturated carbocycles. The number of hydrogen-bond donors (Lipinski definition) is 0. The minimum Gasteiger partial charge on any atom is -0.361 e. The van der Waals surface area contributed by atoms with E-state index in [2.05, 4.69) is 10.3 Å². The van der Waals surface area contributed by atoms with Crippen LogP contribution < -0.4 is 5.56 Å². The van der Waals surface area contributed by atoms with Crippen LogP contribution in [-0.4, -0.2) is 19.3 Å². The first kappa shape index (κ1) is 15.4. The Morgan fingerprint density at radius 2 is 1.92 bits per heavy atom. The zero-order valence-electron chi connectivity index (χ0n) is 14.1. The number of hydrogen-bond acceptors (Lipinski definition) is 4. The van der Waals surface area contributed by atoms with Gasteiger partial charge in [-0.3, -0.25) is 4.79 Å². The molecule has 0 bridgehead atoms. The third kappa shape index (κ3) is 2.76. The minimum atomic E-state index is -0.0519. The lowest BCUT2D eigenvalue weighted by molar-refractivity contribution is 0.392. The van der Waals surface area contributed by atoms with E-state index in [-0.39, 0.29) is 5.56 Å². The summed E-state index contributed by atoms with van der Waals surface area (Å²) < 4.78 is 8.53. The first-order chi connectivity index (χ1) is 12.1. The molecule has 126 valence electrons. The summed E-state index contributed by atoms with van der Waals surface area (Å²) in [6, 6.07) is 11.7. The summed E-state index contributed by atoms with van der Waals surface area (Å²) >= 11 is 0. The second-order valence-corrected chi connectivity index (χ2v) is 6.07. The highest BCUT2D eigenvalue weighted by Gasteiger charge is 2.12. The standard InChI is InChI=1S/C19H18N4O2/c1-13-16(14(2)25-21-13)8-9-22-10-11-23-18(19(22)24)12-17(20-23)15-6-4-3-5-7-15/h3-7,10-12H,8-9H2,1-2H3. The molecule has 6 heteroatoms. The minimum absolute atomic E-state index is 0.0519. The van der Waals surface area contributed by atoms with Crippen molar-refractivity contribution >= 4 is 5.52 Å². The molecule has 4 rings (SSSR count). The van der Waals surface area contributed by atoms with E-state index in [9.17, 15) is 4.79 Å². The highest BCUT2D eigenvalue weighted by atomic mass is 16.5. The zero-order chi connectivity index (χ0) is 17.4. The van der Waals surface area contributed by atoms with E-state index in [4.69, 9.17) is 4.52 Å². The van der Waals surface area contributed by atoms with Crippen molar-refractivity contribution in [3.8, 4) is 11.3 Å². The summed E-state index contributed by atoms with van der Waals surface area (Å²) in [5, 5.41) is 8.46. The second kappa shape index (κ2) is 6.05.